The lowest BCUT2D eigenvalue weighted by Gasteiger charge is -2.27. The summed E-state index contributed by atoms with van der Waals surface area (Å²) in [5.41, 5.74) is 6.08. The molecule has 0 amide bonds. The van der Waals surface area contributed by atoms with Gasteiger partial charge in [0.2, 0.25) is 5.95 Å². The van der Waals surface area contributed by atoms with Crippen LogP contribution in [0.15, 0.2) is 6.20 Å². The second-order valence-corrected chi connectivity index (χ2v) is 5.56. The molecule has 6 nitrogen and oxygen atoms in total. The number of aliphatic hydroxyl groups is 1. The monoisotopic (exact) mass is 265 g/mol. The minimum Gasteiger partial charge on any atom is -0.387 e. The molecule has 1 saturated heterocycles. The van der Waals surface area contributed by atoms with Crippen LogP contribution in [0.3, 0.4) is 0 Å². The summed E-state index contributed by atoms with van der Waals surface area (Å²) in [4.78, 5) is 12.5. The zero-order valence-corrected chi connectivity index (χ0v) is 11.9. The highest BCUT2D eigenvalue weighted by Gasteiger charge is 2.37. The van der Waals surface area contributed by atoms with Crippen molar-refractivity contribution < 1.29 is 5.11 Å². The number of likely N-dealkylation sites (N-methyl/N-ethyl adjacent to an activating group) is 1. The van der Waals surface area contributed by atoms with Crippen molar-refractivity contribution in [1.82, 2.24) is 14.9 Å². The summed E-state index contributed by atoms with van der Waals surface area (Å²) in [6.07, 6.45) is 3.39. The van der Waals surface area contributed by atoms with Crippen molar-refractivity contribution in [3.63, 3.8) is 0 Å². The van der Waals surface area contributed by atoms with Crippen molar-refractivity contribution in [2.24, 2.45) is 0 Å². The van der Waals surface area contributed by atoms with Crippen molar-refractivity contribution in [3.8, 4) is 0 Å². The zero-order chi connectivity index (χ0) is 14.0. The Labute approximate surface area is 114 Å². The minimum atomic E-state index is -0.672. The Morgan fingerprint density at radius 2 is 2.26 bits per heavy atom. The lowest BCUT2D eigenvalue weighted by atomic mass is 10.0. The summed E-state index contributed by atoms with van der Waals surface area (Å²) < 4.78 is 0. The molecule has 1 aromatic rings. The van der Waals surface area contributed by atoms with Crippen molar-refractivity contribution in [2.75, 3.05) is 44.4 Å². The molecule has 0 saturated carbocycles. The highest BCUT2D eigenvalue weighted by molar-refractivity contribution is 5.50. The molecule has 3 N–H and O–H groups in total. The Morgan fingerprint density at radius 3 is 2.89 bits per heavy atom. The first kappa shape index (κ1) is 14.0. The molecule has 0 aliphatic carbocycles. The SMILES string of the molecule is CCc1cnc(N)nc1N1CC[C@@](O)(CN(C)C)C1. The van der Waals surface area contributed by atoms with Crippen LogP contribution in [-0.2, 0) is 6.42 Å². The Morgan fingerprint density at radius 1 is 1.53 bits per heavy atom. The number of hydrogen-bond acceptors (Lipinski definition) is 6. The third kappa shape index (κ3) is 3.13. The molecule has 0 aromatic carbocycles. The molecule has 2 rings (SSSR count). The summed E-state index contributed by atoms with van der Waals surface area (Å²) >= 11 is 0. The average molecular weight is 265 g/mol. The van der Waals surface area contributed by atoms with Gasteiger partial charge in [-0.3, -0.25) is 0 Å². The van der Waals surface area contributed by atoms with E-state index in [4.69, 9.17) is 5.73 Å². The predicted octanol–water partition coefficient (Wildman–Crippen LogP) is 0.124. The fourth-order valence-electron chi connectivity index (χ4n) is 2.69. The Bertz CT molecular complexity index is 451. The molecule has 19 heavy (non-hydrogen) atoms. The standard InChI is InChI=1S/C13H23N5O/c1-4-10-7-15-12(14)16-11(10)18-6-5-13(19,9-18)8-17(2)3/h7,19H,4-6,8-9H2,1-3H3,(H2,14,15,16)/t13-/m1/s1. The van der Waals surface area contributed by atoms with Gasteiger partial charge in [0.1, 0.15) is 5.82 Å². The van der Waals surface area contributed by atoms with Crippen LogP contribution in [0.2, 0.25) is 0 Å². The number of nitrogens with zero attached hydrogens (tertiary/aromatic N) is 4. The minimum absolute atomic E-state index is 0.287. The quantitative estimate of drug-likeness (QED) is 0.805. The molecule has 1 aliphatic heterocycles. The first-order chi connectivity index (χ1) is 8.93. The maximum Gasteiger partial charge on any atom is 0.221 e. The van der Waals surface area contributed by atoms with Gasteiger partial charge in [-0.1, -0.05) is 6.92 Å². The van der Waals surface area contributed by atoms with Crippen LogP contribution >= 0.6 is 0 Å². The highest BCUT2D eigenvalue weighted by Crippen LogP contribution is 2.28. The van der Waals surface area contributed by atoms with Crippen molar-refractivity contribution in [3.05, 3.63) is 11.8 Å². The van der Waals surface area contributed by atoms with Crippen molar-refractivity contribution in [1.29, 1.82) is 0 Å². The molecular weight excluding hydrogens is 242 g/mol. The molecular formula is C13H23N5O. The van der Waals surface area contributed by atoms with Crippen molar-refractivity contribution in [2.45, 2.75) is 25.4 Å². The zero-order valence-electron chi connectivity index (χ0n) is 11.9. The van der Waals surface area contributed by atoms with E-state index in [0.717, 1.165) is 30.8 Å². The van der Waals surface area contributed by atoms with E-state index in [1.165, 1.54) is 0 Å². The smallest absolute Gasteiger partial charge is 0.221 e. The van der Waals surface area contributed by atoms with E-state index in [9.17, 15) is 5.11 Å². The van der Waals surface area contributed by atoms with Gasteiger partial charge in [-0.15, -0.1) is 0 Å². The molecule has 0 radical (unpaired) electrons. The van der Waals surface area contributed by atoms with E-state index in [2.05, 4.69) is 21.8 Å². The fourth-order valence-corrected chi connectivity index (χ4v) is 2.69. The lowest BCUT2D eigenvalue weighted by molar-refractivity contribution is 0.0365. The van der Waals surface area contributed by atoms with Gasteiger partial charge < -0.3 is 20.6 Å². The van der Waals surface area contributed by atoms with Crippen LogP contribution in [0.4, 0.5) is 11.8 Å². The van der Waals surface area contributed by atoms with Crippen LogP contribution < -0.4 is 10.6 Å². The normalized spacial score (nSPS) is 23.3. The number of anilines is 2. The molecule has 6 heteroatoms. The van der Waals surface area contributed by atoms with Crippen LogP contribution in [0.25, 0.3) is 0 Å². The summed E-state index contributed by atoms with van der Waals surface area (Å²) in [5, 5.41) is 10.6. The van der Waals surface area contributed by atoms with Crippen LogP contribution in [-0.4, -0.2) is 59.3 Å². The summed E-state index contributed by atoms with van der Waals surface area (Å²) in [7, 11) is 3.95. The second kappa shape index (κ2) is 5.30. The van der Waals surface area contributed by atoms with E-state index in [-0.39, 0.29) is 5.95 Å². The lowest BCUT2D eigenvalue weighted by Crippen LogP contribution is -2.42. The number of rotatable bonds is 4. The number of β-amino-alcohol motifs (C(OH)–C–C–N with tert-alkyl or cyclic N) is 1. The summed E-state index contributed by atoms with van der Waals surface area (Å²) in [6, 6.07) is 0. The predicted molar refractivity (Wildman–Crippen MR) is 76.2 cm³/mol. The van der Waals surface area contributed by atoms with Crippen LogP contribution in [0.1, 0.15) is 18.9 Å². The van der Waals surface area contributed by atoms with E-state index in [1.807, 2.05) is 19.0 Å². The maximum absolute atomic E-state index is 10.6. The van der Waals surface area contributed by atoms with Gasteiger partial charge in [0.05, 0.1) is 5.60 Å². The number of aromatic nitrogens is 2. The Hall–Kier alpha value is -1.40. The summed E-state index contributed by atoms with van der Waals surface area (Å²) in [6.45, 7) is 4.12. The Balaban J connectivity index is 2.18. The number of nitrogens with two attached hydrogens (primary N) is 1. The van der Waals surface area contributed by atoms with Gasteiger partial charge in [-0.2, -0.15) is 4.98 Å². The molecule has 1 aromatic heterocycles. The van der Waals surface area contributed by atoms with E-state index >= 15 is 0 Å². The van der Waals surface area contributed by atoms with Gasteiger partial charge >= 0.3 is 0 Å². The van der Waals surface area contributed by atoms with Crippen molar-refractivity contribution >= 4 is 11.8 Å². The van der Waals surface area contributed by atoms with Crippen LogP contribution in [0.5, 0.6) is 0 Å². The molecule has 106 valence electrons. The first-order valence-electron chi connectivity index (χ1n) is 6.67. The van der Waals surface area contributed by atoms with Crippen LogP contribution in [0, 0.1) is 0 Å². The van der Waals surface area contributed by atoms with Gasteiger partial charge in [-0.05, 0) is 26.9 Å². The third-order valence-electron chi connectivity index (χ3n) is 3.48. The topological polar surface area (TPSA) is 78.5 Å². The van der Waals surface area contributed by atoms with Gasteiger partial charge in [0.15, 0.2) is 0 Å². The first-order valence-corrected chi connectivity index (χ1v) is 6.67. The number of nitrogen functional groups attached to an aromatic ring is 1. The molecule has 2 heterocycles. The van der Waals surface area contributed by atoms with E-state index < -0.39 is 5.60 Å². The molecule has 1 aliphatic rings. The molecule has 0 bridgehead atoms. The van der Waals surface area contributed by atoms with Gasteiger partial charge in [0.25, 0.3) is 0 Å². The molecule has 1 atom stereocenters. The fraction of sp³-hybridized carbons (Fsp3) is 0.692. The van der Waals surface area contributed by atoms with E-state index in [1.54, 1.807) is 6.20 Å². The molecule has 1 fully saturated rings. The third-order valence-corrected chi connectivity index (χ3v) is 3.48. The second-order valence-electron chi connectivity index (χ2n) is 5.56. The Kier molecular flexibility index (Phi) is 3.91. The number of hydrogen-bond donors (Lipinski definition) is 2. The maximum atomic E-state index is 10.6. The van der Waals surface area contributed by atoms with E-state index in [0.29, 0.717) is 13.1 Å². The largest absolute Gasteiger partial charge is 0.387 e. The van der Waals surface area contributed by atoms with Gasteiger partial charge in [0, 0.05) is 31.4 Å². The highest BCUT2D eigenvalue weighted by atomic mass is 16.3. The summed E-state index contributed by atoms with van der Waals surface area (Å²) in [5.74, 6) is 1.15. The molecule has 0 unspecified atom stereocenters. The average Bonchev–Trinajstić information content (AvgIpc) is 2.70. The molecule has 0 spiro atoms. The van der Waals surface area contributed by atoms with Gasteiger partial charge in [-0.25, -0.2) is 4.98 Å². The number of aryl methyl sites for hydroxylation is 1.